The molecular formula is C29H31ClF3N5O3. The lowest BCUT2D eigenvalue weighted by Crippen LogP contribution is -2.41. The number of piperidine rings is 1. The van der Waals surface area contributed by atoms with Gasteiger partial charge in [0.05, 0.1) is 0 Å². The van der Waals surface area contributed by atoms with Crippen LogP contribution in [0, 0.1) is 5.41 Å². The van der Waals surface area contributed by atoms with Crippen LogP contribution in [0.25, 0.3) is 11.1 Å². The van der Waals surface area contributed by atoms with Crippen LogP contribution in [0.3, 0.4) is 0 Å². The van der Waals surface area contributed by atoms with E-state index >= 15 is 0 Å². The van der Waals surface area contributed by atoms with Crippen molar-refractivity contribution in [2.45, 2.75) is 50.9 Å². The first-order valence-electron chi connectivity index (χ1n) is 13.4. The number of anilines is 2. The fourth-order valence-electron chi connectivity index (χ4n) is 5.73. The monoisotopic (exact) mass is 589 g/mol. The number of benzene rings is 2. The molecule has 0 bridgehead atoms. The van der Waals surface area contributed by atoms with Gasteiger partial charge in [0.1, 0.15) is 11.9 Å². The largest absolute Gasteiger partial charge is 0.480 e. The Hall–Kier alpha value is -3.57. The summed E-state index contributed by atoms with van der Waals surface area (Å²) < 4.78 is 49.2. The first kappa shape index (κ1) is 28.9. The number of nitrogens with two attached hydrogens (primary N) is 1. The number of carboxylic acid groups (broad SMARTS) is 1. The summed E-state index contributed by atoms with van der Waals surface area (Å²) in [6, 6.07) is 12.3. The van der Waals surface area contributed by atoms with Crippen molar-refractivity contribution in [2.24, 2.45) is 5.41 Å². The number of alkyl halides is 3. The van der Waals surface area contributed by atoms with Crippen molar-refractivity contribution in [3.05, 3.63) is 64.7 Å². The Kier molecular flexibility index (Phi) is 8.02. The molecule has 1 spiro atoms. The number of rotatable bonds is 7. The number of hydrogen-bond donors (Lipinski definition) is 3. The summed E-state index contributed by atoms with van der Waals surface area (Å²) in [6.45, 7) is 3.66. The maximum absolute atomic E-state index is 14.6. The van der Waals surface area contributed by atoms with Gasteiger partial charge in [-0.2, -0.15) is 23.1 Å². The summed E-state index contributed by atoms with van der Waals surface area (Å²) in [7, 11) is 0. The minimum atomic E-state index is -4.78. The number of aromatic nitrogens is 2. The van der Waals surface area contributed by atoms with Crippen molar-refractivity contribution in [3.63, 3.8) is 0 Å². The predicted molar refractivity (Wildman–Crippen MR) is 150 cm³/mol. The number of nitrogens with zero attached hydrogens (tertiary/aromatic N) is 3. The molecule has 5 rings (SSSR count). The molecule has 2 atom stereocenters. The van der Waals surface area contributed by atoms with E-state index in [-0.39, 0.29) is 22.8 Å². The summed E-state index contributed by atoms with van der Waals surface area (Å²) in [5.74, 6) is -1.02. The maximum atomic E-state index is 14.6. The Morgan fingerprint density at radius 3 is 2.63 bits per heavy atom. The van der Waals surface area contributed by atoms with Crippen LogP contribution in [0.2, 0.25) is 5.02 Å². The number of nitrogen functional groups attached to an aromatic ring is 1. The van der Waals surface area contributed by atoms with Gasteiger partial charge in [-0.1, -0.05) is 48.9 Å². The van der Waals surface area contributed by atoms with Crippen molar-refractivity contribution in [3.8, 4) is 17.0 Å². The fourth-order valence-corrected chi connectivity index (χ4v) is 5.90. The molecule has 2 saturated heterocycles. The lowest BCUT2D eigenvalue weighted by molar-refractivity contribution is -0.198. The minimum Gasteiger partial charge on any atom is -0.480 e. The molecule has 3 heterocycles. The number of carboxylic acids is 1. The molecule has 41 heavy (non-hydrogen) atoms. The zero-order chi connectivity index (χ0) is 29.4. The Bertz CT molecular complexity index is 1430. The molecule has 3 aromatic rings. The second-order valence-electron chi connectivity index (χ2n) is 10.7. The molecule has 0 radical (unpaired) electrons. The van der Waals surface area contributed by atoms with Gasteiger partial charge in [-0.05, 0) is 59.9 Å². The van der Waals surface area contributed by atoms with Gasteiger partial charge >= 0.3 is 12.1 Å². The average Bonchev–Trinajstić information content (AvgIpc) is 3.35. The molecule has 2 aliphatic rings. The highest BCUT2D eigenvalue weighted by Crippen LogP contribution is 2.43. The Balaban J connectivity index is 1.42. The molecule has 0 aliphatic carbocycles. The first-order chi connectivity index (χ1) is 19.5. The highest BCUT2D eigenvalue weighted by Gasteiger charge is 2.46. The first-order valence-corrected chi connectivity index (χ1v) is 13.8. The van der Waals surface area contributed by atoms with Gasteiger partial charge in [0.2, 0.25) is 17.9 Å². The number of nitrogens with one attached hydrogen (secondary N) is 1. The molecule has 0 saturated carbocycles. The third kappa shape index (κ3) is 6.36. The number of hydrogen-bond acceptors (Lipinski definition) is 7. The van der Waals surface area contributed by atoms with Gasteiger partial charge in [-0.15, -0.1) is 0 Å². The van der Waals surface area contributed by atoms with Crippen LogP contribution in [-0.4, -0.2) is 52.9 Å². The predicted octanol–water partition coefficient (Wildman–Crippen LogP) is 5.66. The van der Waals surface area contributed by atoms with E-state index in [9.17, 15) is 23.1 Å². The standard InChI is InChI=1S/C29H31ClF3N5O3/c1-2-17-4-3-5-18(12-17)21-13-19(30)6-7-20(21)25(29(31,32)33)41-24-14-23(36-27(34)37-24)38-10-8-28(9-11-38)15-22(26(39)40)35-16-28/h3-7,12-14,22,25,35H,2,8-11,15-16H2,1H3,(H,39,40)(H2,34,36,37). The molecule has 8 nitrogen and oxygen atoms in total. The van der Waals surface area contributed by atoms with Crippen LogP contribution >= 0.6 is 11.6 Å². The smallest absolute Gasteiger partial charge is 0.429 e. The average molecular weight is 590 g/mol. The normalized spacial score (nSPS) is 19.3. The Labute approximate surface area is 240 Å². The molecule has 2 unspecified atom stereocenters. The van der Waals surface area contributed by atoms with Gasteiger partial charge in [0.25, 0.3) is 0 Å². The van der Waals surface area contributed by atoms with E-state index in [0.29, 0.717) is 60.9 Å². The molecule has 4 N–H and O–H groups in total. The molecule has 2 aliphatic heterocycles. The lowest BCUT2D eigenvalue weighted by atomic mass is 9.76. The second-order valence-corrected chi connectivity index (χ2v) is 11.1. The molecule has 12 heteroatoms. The zero-order valence-electron chi connectivity index (χ0n) is 22.4. The van der Waals surface area contributed by atoms with E-state index in [1.807, 2.05) is 24.0 Å². The van der Waals surface area contributed by atoms with E-state index < -0.39 is 24.3 Å². The molecule has 1 aromatic heterocycles. The Morgan fingerprint density at radius 1 is 1.22 bits per heavy atom. The number of carbonyl (C=O) groups is 1. The summed E-state index contributed by atoms with van der Waals surface area (Å²) in [5.41, 5.74) is 7.56. The van der Waals surface area contributed by atoms with Crippen LogP contribution in [0.1, 0.15) is 43.4 Å². The van der Waals surface area contributed by atoms with Gasteiger partial charge in [0, 0.05) is 36.3 Å². The van der Waals surface area contributed by atoms with Crippen molar-refractivity contribution in [1.29, 1.82) is 0 Å². The third-order valence-corrected chi connectivity index (χ3v) is 8.23. The number of aryl methyl sites for hydroxylation is 1. The SMILES string of the molecule is CCc1cccc(-c2cc(Cl)ccc2C(Oc2cc(N3CCC4(CC3)CNC(C(=O)O)C4)nc(N)n2)C(F)(F)F)c1. The van der Waals surface area contributed by atoms with Gasteiger partial charge in [-0.3, -0.25) is 4.79 Å². The van der Waals surface area contributed by atoms with Crippen molar-refractivity contribution < 1.29 is 27.8 Å². The van der Waals surface area contributed by atoms with Gasteiger partial charge < -0.3 is 25.8 Å². The van der Waals surface area contributed by atoms with Crippen LogP contribution in [0.15, 0.2) is 48.5 Å². The van der Waals surface area contributed by atoms with E-state index in [1.54, 1.807) is 12.1 Å². The maximum Gasteiger partial charge on any atom is 0.429 e. The quantitative estimate of drug-likeness (QED) is 0.324. The van der Waals surface area contributed by atoms with E-state index in [0.717, 1.165) is 12.0 Å². The van der Waals surface area contributed by atoms with Gasteiger partial charge in [-0.25, -0.2) is 0 Å². The lowest BCUT2D eigenvalue weighted by Gasteiger charge is -2.39. The topological polar surface area (TPSA) is 114 Å². The third-order valence-electron chi connectivity index (χ3n) is 7.99. The highest BCUT2D eigenvalue weighted by atomic mass is 35.5. The molecule has 2 fully saturated rings. The van der Waals surface area contributed by atoms with Crippen molar-refractivity contribution in [1.82, 2.24) is 15.3 Å². The highest BCUT2D eigenvalue weighted by molar-refractivity contribution is 6.30. The summed E-state index contributed by atoms with van der Waals surface area (Å²) >= 11 is 6.22. The van der Waals surface area contributed by atoms with E-state index in [4.69, 9.17) is 22.1 Å². The van der Waals surface area contributed by atoms with Gasteiger partial charge in [0.15, 0.2) is 0 Å². The second kappa shape index (κ2) is 11.4. The van der Waals surface area contributed by atoms with E-state index in [2.05, 4.69) is 15.3 Å². The summed E-state index contributed by atoms with van der Waals surface area (Å²) in [5, 5.41) is 12.7. The van der Waals surface area contributed by atoms with Crippen LogP contribution in [-0.2, 0) is 11.2 Å². The summed E-state index contributed by atoms with van der Waals surface area (Å²) in [6.07, 6.45) is -4.45. The molecule has 218 valence electrons. The van der Waals surface area contributed by atoms with E-state index in [1.165, 1.54) is 24.3 Å². The fraction of sp³-hybridized carbons (Fsp3) is 0.414. The van der Waals surface area contributed by atoms with Crippen LogP contribution in [0.4, 0.5) is 24.9 Å². The van der Waals surface area contributed by atoms with Crippen molar-refractivity contribution >= 4 is 29.3 Å². The number of ether oxygens (including phenoxy) is 1. The molecule has 2 aromatic carbocycles. The molecule has 0 amide bonds. The zero-order valence-corrected chi connectivity index (χ0v) is 23.2. The van der Waals surface area contributed by atoms with Crippen LogP contribution in [0.5, 0.6) is 5.88 Å². The Morgan fingerprint density at radius 2 is 1.98 bits per heavy atom. The number of halogens is 4. The molecular weight excluding hydrogens is 559 g/mol. The summed E-state index contributed by atoms with van der Waals surface area (Å²) in [4.78, 5) is 21.5. The van der Waals surface area contributed by atoms with Crippen molar-refractivity contribution in [2.75, 3.05) is 30.3 Å². The number of aliphatic carboxylic acids is 1. The van der Waals surface area contributed by atoms with Crippen LogP contribution < -0.4 is 20.7 Å². The minimum absolute atomic E-state index is 0.101.